The molecule has 0 unspecified atom stereocenters. The monoisotopic (exact) mass is 248 g/mol. The van der Waals surface area contributed by atoms with Crippen LogP contribution in [0, 0.1) is 0 Å². The van der Waals surface area contributed by atoms with E-state index >= 15 is 0 Å². The Balaban J connectivity index is 2.16. The number of carbonyl (C=O) groups is 2. The number of carbonyl (C=O) groups excluding carboxylic acids is 2. The number of nitrogens with one attached hydrogen (secondary N) is 2. The highest BCUT2D eigenvalue weighted by molar-refractivity contribution is 5.84. The molecule has 2 N–H and O–H groups in total. The molecule has 0 aliphatic rings. The predicted molar refractivity (Wildman–Crippen MR) is 70.8 cm³/mol. The molecular formula is C14H20N2O2. The van der Waals surface area contributed by atoms with Crippen LogP contribution in [-0.2, 0) is 16.1 Å². The molecule has 0 bridgehead atoms. The van der Waals surface area contributed by atoms with Gasteiger partial charge in [-0.3, -0.25) is 9.59 Å². The van der Waals surface area contributed by atoms with Crippen molar-refractivity contribution in [2.75, 3.05) is 6.54 Å². The van der Waals surface area contributed by atoms with Crippen LogP contribution in [0.15, 0.2) is 30.3 Å². The minimum Gasteiger partial charge on any atom is -0.350 e. The Morgan fingerprint density at radius 1 is 1.06 bits per heavy atom. The van der Waals surface area contributed by atoms with Crippen LogP contribution in [-0.4, -0.2) is 18.4 Å². The minimum absolute atomic E-state index is 0.0510. The molecule has 0 radical (unpaired) electrons. The van der Waals surface area contributed by atoms with E-state index < -0.39 is 0 Å². The summed E-state index contributed by atoms with van der Waals surface area (Å²) in [5.41, 5.74) is 1.04. The SMILES string of the molecule is CCCCC(=O)NCC(=O)NCc1ccccc1. The summed E-state index contributed by atoms with van der Waals surface area (Å²) in [6.45, 7) is 2.57. The van der Waals surface area contributed by atoms with Gasteiger partial charge in [-0.15, -0.1) is 0 Å². The van der Waals surface area contributed by atoms with Crippen molar-refractivity contribution >= 4 is 11.8 Å². The van der Waals surface area contributed by atoms with Crippen LogP contribution in [0.5, 0.6) is 0 Å². The maximum atomic E-state index is 11.5. The van der Waals surface area contributed by atoms with Crippen molar-refractivity contribution in [2.45, 2.75) is 32.7 Å². The Morgan fingerprint density at radius 2 is 1.78 bits per heavy atom. The molecule has 1 aromatic rings. The van der Waals surface area contributed by atoms with Gasteiger partial charge in [0.05, 0.1) is 6.54 Å². The quantitative estimate of drug-likeness (QED) is 0.770. The van der Waals surface area contributed by atoms with E-state index in [1.807, 2.05) is 37.3 Å². The van der Waals surface area contributed by atoms with E-state index in [-0.39, 0.29) is 18.4 Å². The number of hydrogen-bond donors (Lipinski definition) is 2. The lowest BCUT2D eigenvalue weighted by atomic mass is 10.2. The lowest BCUT2D eigenvalue weighted by molar-refractivity contribution is -0.126. The number of amides is 2. The van der Waals surface area contributed by atoms with Crippen molar-refractivity contribution in [3.63, 3.8) is 0 Å². The normalized spacial score (nSPS) is 9.83. The highest BCUT2D eigenvalue weighted by Gasteiger charge is 2.04. The first-order valence-corrected chi connectivity index (χ1v) is 6.29. The zero-order valence-electron chi connectivity index (χ0n) is 10.7. The summed E-state index contributed by atoms with van der Waals surface area (Å²) in [5, 5.41) is 5.36. The average molecular weight is 248 g/mol. The van der Waals surface area contributed by atoms with Crippen LogP contribution in [0.25, 0.3) is 0 Å². The molecule has 0 heterocycles. The minimum atomic E-state index is -0.163. The molecule has 4 nitrogen and oxygen atoms in total. The van der Waals surface area contributed by atoms with Crippen molar-refractivity contribution in [1.29, 1.82) is 0 Å². The summed E-state index contributed by atoms with van der Waals surface area (Å²) in [7, 11) is 0. The Morgan fingerprint density at radius 3 is 2.44 bits per heavy atom. The highest BCUT2D eigenvalue weighted by Crippen LogP contribution is 1.96. The van der Waals surface area contributed by atoms with E-state index in [0.717, 1.165) is 18.4 Å². The molecule has 0 aromatic heterocycles. The van der Waals surface area contributed by atoms with Gasteiger partial charge in [0.15, 0.2) is 0 Å². The molecule has 98 valence electrons. The third-order valence-electron chi connectivity index (χ3n) is 2.54. The maximum absolute atomic E-state index is 11.5. The molecule has 1 rings (SSSR count). The van der Waals surface area contributed by atoms with Gasteiger partial charge >= 0.3 is 0 Å². The lowest BCUT2D eigenvalue weighted by Crippen LogP contribution is -2.36. The second-order valence-electron chi connectivity index (χ2n) is 4.14. The fraction of sp³-hybridized carbons (Fsp3) is 0.429. The molecule has 18 heavy (non-hydrogen) atoms. The van der Waals surface area contributed by atoms with Crippen molar-refractivity contribution < 1.29 is 9.59 Å². The number of hydrogen-bond acceptors (Lipinski definition) is 2. The molecule has 1 aromatic carbocycles. The van der Waals surface area contributed by atoms with Gasteiger partial charge in [-0.2, -0.15) is 0 Å². The first-order chi connectivity index (χ1) is 8.72. The third-order valence-corrected chi connectivity index (χ3v) is 2.54. The van der Waals surface area contributed by atoms with Gasteiger partial charge in [-0.25, -0.2) is 0 Å². The Labute approximate surface area is 108 Å². The number of rotatable bonds is 7. The Kier molecular flexibility index (Phi) is 6.54. The van der Waals surface area contributed by atoms with Gasteiger partial charge < -0.3 is 10.6 Å². The summed E-state index contributed by atoms with van der Waals surface area (Å²) in [6, 6.07) is 9.67. The van der Waals surface area contributed by atoms with E-state index in [9.17, 15) is 9.59 Å². The molecule has 0 saturated heterocycles. The molecule has 4 heteroatoms. The maximum Gasteiger partial charge on any atom is 0.239 e. The third kappa shape index (κ3) is 6.03. The van der Waals surface area contributed by atoms with Gasteiger partial charge in [0.1, 0.15) is 0 Å². The van der Waals surface area contributed by atoms with Crippen LogP contribution >= 0.6 is 0 Å². The summed E-state index contributed by atoms with van der Waals surface area (Å²) >= 11 is 0. The van der Waals surface area contributed by atoms with E-state index in [1.54, 1.807) is 0 Å². The lowest BCUT2D eigenvalue weighted by Gasteiger charge is -2.06. The van der Waals surface area contributed by atoms with Crippen LogP contribution < -0.4 is 10.6 Å². The van der Waals surface area contributed by atoms with Gasteiger partial charge in [0, 0.05) is 13.0 Å². The van der Waals surface area contributed by atoms with Gasteiger partial charge in [0.25, 0.3) is 0 Å². The van der Waals surface area contributed by atoms with Gasteiger partial charge in [-0.1, -0.05) is 43.7 Å². The van der Waals surface area contributed by atoms with E-state index in [0.29, 0.717) is 13.0 Å². The number of unbranched alkanes of at least 4 members (excludes halogenated alkanes) is 1. The van der Waals surface area contributed by atoms with Crippen molar-refractivity contribution in [3.05, 3.63) is 35.9 Å². The smallest absolute Gasteiger partial charge is 0.239 e. The average Bonchev–Trinajstić information content (AvgIpc) is 2.41. The zero-order chi connectivity index (χ0) is 13.2. The summed E-state index contributed by atoms with van der Waals surface area (Å²) in [6.07, 6.45) is 2.33. The molecule has 0 aliphatic carbocycles. The first kappa shape index (κ1) is 14.2. The molecule has 0 fully saturated rings. The van der Waals surface area contributed by atoms with Crippen molar-refractivity contribution in [1.82, 2.24) is 10.6 Å². The molecule has 2 amide bonds. The van der Waals surface area contributed by atoms with E-state index in [4.69, 9.17) is 0 Å². The molecule has 0 aliphatic heterocycles. The second kappa shape index (κ2) is 8.28. The fourth-order valence-corrected chi connectivity index (χ4v) is 1.46. The fourth-order valence-electron chi connectivity index (χ4n) is 1.46. The molecule has 0 atom stereocenters. The highest BCUT2D eigenvalue weighted by atomic mass is 16.2. The molecule has 0 saturated carbocycles. The van der Waals surface area contributed by atoms with Crippen molar-refractivity contribution in [3.8, 4) is 0 Å². The summed E-state index contributed by atoms with van der Waals surface area (Å²) in [5.74, 6) is -0.226. The summed E-state index contributed by atoms with van der Waals surface area (Å²) in [4.78, 5) is 22.8. The van der Waals surface area contributed by atoms with Crippen LogP contribution in [0.4, 0.5) is 0 Å². The number of benzene rings is 1. The largest absolute Gasteiger partial charge is 0.350 e. The van der Waals surface area contributed by atoms with Crippen LogP contribution in [0.3, 0.4) is 0 Å². The first-order valence-electron chi connectivity index (χ1n) is 6.29. The van der Waals surface area contributed by atoms with Crippen LogP contribution in [0.1, 0.15) is 31.7 Å². The topological polar surface area (TPSA) is 58.2 Å². The van der Waals surface area contributed by atoms with Gasteiger partial charge in [0.2, 0.25) is 11.8 Å². The zero-order valence-corrected chi connectivity index (χ0v) is 10.7. The molecule has 0 spiro atoms. The van der Waals surface area contributed by atoms with E-state index in [1.165, 1.54) is 0 Å². The van der Waals surface area contributed by atoms with Gasteiger partial charge in [-0.05, 0) is 12.0 Å². The standard InChI is InChI=1S/C14H20N2O2/c1-2-3-9-13(17)16-11-14(18)15-10-12-7-5-4-6-8-12/h4-8H,2-3,9-11H2,1H3,(H,15,18)(H,16,17). The van der Waals surface area contributed by atoms with Crippen LogP contribution in [0.2, 0.25) is 0 Å². The second-order valence-corrected chi connectivity index (χ2v) is 4.14. The van der Waals surface area contributed by atoms with Crippen molar-refractivity contribution in [2.24, 2.45) is 0 Å². The Hall–Kier alpha value is -1.84. The summed E-state index contributed by atoms with van der Waals surface area (Å²) < 4.78 is 0. The Bertz CT molecular complexity index is 377. The molecular weight excluding hydrogens is 228 g/mol. The predicted octanol–water partition coefficient (Wildman–Crippen LogP) is 1.61. The van der Waals surface area contributed by atoms with E-state index in [2.05, 4.69) is 10.6 Å².